The molecule has 1 saturated heterocycles. The average Bonchev–Trinajstić information content (AvgIpc) is 2.59. The van der Waals surface area contributed by atoms with Gasteiger partial charge in [0.2, 0.25) is 0 Å². The minimum absolute atomic E-state index is 0.0829. The van der Waals surface area contributed by atoms with Gasteiger partial charge in [-0.05, 0) is 37.8 Å². The van der Waals surface area contributed by atoms with Gasteiger partial charge in [-0.25, -0.2) is 0 Å². The molecular formula is C18H22N2O2. The van der Waals surface area contributed by atoms with Crippen LogP contribution in [0.25, 0.3) is 10.9 Å². The van der Waals surface area contributed by atoms with Gasteiger partial charge in [-0.15, -0.1) is 0 Å². The van der Waals surface area contributed by atoms with Gasteiger partial charge in [-0.2, -0.15) is 0 Å². The first-order chi connectivity index (χ1) is 10.8. The van der Waals surface area contributed by atoms with Gasteiger partial charge < -0.3 is 9.64 Å². The van der Waals surface area contributed by atoms with E-state index in [-0.39, 0.29) is 12.5 Å². The third kappa shape index (κ3) is 3.06. The molecule has 22 heavy (non-hydrogen) atoms. The molecule has 0 N–H and O–H groups in total. The summed E-state index contributed by atoms with van der Waals surface area (Å²) in [5, 5.41) is 1.02. The summed E-state index contributed by atoms with van der Waals surface area (Å²) in [6.07, 6.45) is 6.18. The molecule has 1 aromatic heterocycles. The standard InChI is InChI=1S/C18H22N2O2/c1-2-15-9-3-4-12-20(15)17(21)13-22-16-10-5-7-14-8-6-11-19-18(14)16/h5-8,10-11,15H,2-4,9,12-13H2,1H3. The summed E-state index contributed by atoms with van der Waals surface area (Å²) in [6, 6.07) is 10.1. The highest BCUT2D eigenvalue weighted by Gasteiger charge is 2.25. The van der Waals surface area contributed by atoms with Gasteiger partial charge in [0, 0.05) is 24.2 Å². The van der Waals surface area contributed by atoms with Crippen LogP contribution in [-0.2, 0) is 4.79 Å². The Hall–Kier alpha value is -2.10. The fourth-order valence-corrected chi connectivity index (χ4v) is 3.17. The van der Waals surface area contributed by atoms with Gasteiger partial charge in [0.05, 0.1) is 0 Å². The molecule has 4 heteroatoms. The Labute approximate surface area is 131 Å². The maximum Gasteiger partial charge on any atom is 0.260 e. The number of fused-ring (bicyclic) bond motifs is 1. The molecule has 1 amide bonds. The van der Waals surface area contributed by atoms with Crippen molar-refractivity contribution in [2.24, 2.45) is 0 Å². The summed E-state index contributed by atoms with van der Waals surface area (Å²) in [7, 11) is 0. The van der Waals surface area contributed by atoms with Crippen molar-refractivity contribution >= 4 is 16.8 Å². The van der Waals surface area contributed by atoms with Gasteiger partial charge in [-0.3, -0.25) is 9.78 Å². The van der Waals surface area contributed by atoms with Gasteiger partial charge >= 0.3 is 0 Å². The smallest absolute Gasteiger partial charge is 0.260 e. The minimum atomic E-state index is 0.0829. The molecule has 1 fully saturated rings. The maximum absolute atomic E-state index is 12.5. The van der Waals surface area contributed by atoms with Crippen LogP contribution in [0.4, 0.5) is 0 Å². The number of piperidine rings is 1. The van der Waals surface area contributed by atoms with Crippen molar-refractivity contribution in [2.75, 3.05) is 13.2 Å². The maximum atomic E-state index is 12.5. The quantitative estimate of drug-likeness (QED) is 0.868. The Morgan fingerprint density at radius 1 is 1.32 bits per heavy atom. The van der Waals surface area contributed by atoms with E-state index in [1.807, 2.05) is 35.2 Å². The van der Waals surface area contributed by atoms with Crippen molar-refractivity contribution in [3.8, 4) is 5.75 Å². The highest BCUT2D eigenvalue weighted by molar-refractivity contribution is 5.85. The number of carbonyl (C=O) groups excluding carboxylic acids is 1. The van der Waals surface area contributed by atoms with Crippen LogP contribution in [0.3, 0.4) is 0 Å². The molecule has 0 aliphatic carbocycles. The number of aromatic nitrogens is 1. The molecule has 1 aliphatic rings. The van der Waals surface area contributed by atoms with Crippen molar-refractivity contribution in [3.63, 3.8) is 0 Å². The molecular weight excluding hydrogens is 276 g/mol. The van der Waals surface area contributed by atoms with Crippen LogP contribution in [0.5, 0.6) is 5.75 Å². The van der Waals surface area contributed by atoms with E-state index in [0.29, 0.717) is 11.8 Å². The lowest BCUT2D eigenvalue weighted by molar-refractivity contribution is -0.137. The van der Waals surface area contributed by atoms with Crippen LogP contribution in [0.1, 0.15) is 32.6 Å². The Kier molecular flexibility index (Phi) is 4.56. The van der Waals surface area contributed by atoms with E-state index in [9.17, 15) is 4.79 Å². The topological polar surface area (TPSA) is 42.4 Å². The van der Waals surface area contributed by atoms with E-state index in [0.717, 1.165) is 36.7 Å². The number of pyridine rings is 1. The van der Waals surface area contributed by atoms with Gasteiger partial charge in [0.15, 0.2) is 6.61 Å². The second kappa shape index (κ2) is 6.77. The molecule has 4 nitrogen and oxygen atoms in total. The first kappa shape index (κ1) is 14.8. The predicted molar refractivity (Wildman–Crippen MR) is 86.9 cm³/mol. The summed E-state index contributed by atoms with van der Waals surface area (Å²) >= 11 is 0. The van der Waals surface area contributed by atoms with E-state index < -0.39 is 0 Å². The van der Waals surface area contributed by atoms with Gasteiger partial charge in [0.25, 0.3) is 5.91 Å². The summed E-state index contributed by atoms with van der Waals surface area (Å²) < 4.78 is 5.77. The number of rotatable bonds is 4. The summed E-state index contributed by atoms with van der Waals surface area (Å²) in [4.78, 5) is 18.8. The van der Waals surface area contributed by atoms with Crippen LogP contribution in [0, 0.1) is 0 Å². The van der Waals surface area contributed by atoms with Crippen LogP contribution < -0.4 is 4.74 Å². The first-order valence-corrected chi connectivity index (χ1v) is 8.05. The Morgan fingerprint density at radius 2 is 2.18 bits per heavy atom. The number of amides is 1. The molecule has 0 saturated carbocycles. The van der Waals surface area contributed by atoms with Crippen molar-refractivity contribution in [1.29, 1.82) is 0 Å². The number of para-hydroxylation sites is 1. The number of likely N-dealkylation sites (tertiary alicyclic amines) is 1. The average molecular weight is 298 g/mol. The van der Waals surface area contributed by atoms with Crippen molar-refractivity contribution in [1.82, 2.24) is 9.88 Å². The van der Waals surface area contributed by atoms with E-state index in [4.69, 9.17) is 4.74 Å². The summed E-state index contributed by atoms with van der Waals surface area (Å²) in [5.74, 6) is 0.760. The second-order valence-electron chi connectivity index (χ2n) is 5.76. The molecule has 1 atom stereocenters. The van der Waals surface area contributed by atoms with Crippen molar-refractivity contribution < 1.29 is 9.53 Å². The molecule has 0 radical (unpaired) electrons. The molecule has 116 valence electrons. The van der Waals surface area contributed by atoms with Crippen LogP contribution >= 0.6 is 0 Å². The van der Waals surface area contributed by atoms with E-state index in [2.05, 4.69) is 11.9 Å². The third-order valence-corrected chi connectivity index (χ3v) is 4.37. The number of benzene rings is 1. The van der Waals surface area contributed by atoms with Crippen LogP contribution in [-0.4, -0.2) is 35.0 Å². The molecule has 1 aromatic carbocycles. The number of carbonyl (C=O) groups is 1. The predicted octanol–water partition coefficient (Wildman–Crippen LogP) is 3.40. The van der Waals surface area contributed by atoms with Crippen molar-refractivity contribution in [2.45, 2.75) is 38.6 Å². The minimum Gasteiger partial charge on any atom is -0.481 e. The SMILES string of the molecule is CCC1CCCCN1C(=O)COc1cccc2cccnc12. The summed E-state index contributed by atoms with van der Waals surface area (Å²) in [6.45, 7) is 3.09. The fourth-order valence-electron chi connectivity index (χ4n) is 3.17. The van der Waals surface area contributed by atoms with Crippen LogP contribution in [0.2, 0.25) is 0 Å². The van der Waals surface area contributed by atoms with E-state index in [1.165, 1.54) is 6.42 Å². The Bertz CT molecular complexity index is 651. The molecule has 0 bridgehead atoms. The largest absolute Gasteiger partial charge is 0.481 e. The molecule has 3 rings (SSSR count). The second-order valence-corrected chi connectivity index (χ2v) is 5.76. The number of hydrogen-bond donors (Lipinski definition) is 0. The lowest BCUT2D eigenvalue weighted by atomic mass is 10.00. The molecule has 1 aliphatic heterocycles. The number of hydrogen-bond acceptors (Lipinski definition) is 3. The molecule has 2 aromatic rings. The normalized spacial score (nSPS) is 18.4. The molecule has 1 unspecified atom stereocenters. The van der Waals surface area contributed by atoms with Crippen LogP contribution in [0.15, 0.2) is 36.5 Å². The third-order valence-electron chi connectivity index (χ3n) is 4.37. The number of nitrogens with zero attached hydrogens (tertiary/aromatic N) is 2. The lowest BCUT2D eigenvalue weighted by Crippen LogP contribution is -2.45. The van der Waals surface area contributed by atoms with Crippen molar-refractivity contribution in [3.05, 3.63) is 36.5 Å². The zero-order valence-corrected chi connectivity index (χ0v) is 13.0. The zero-order chi connectivity index (χ0) is 15.4. The lowest BCUT2D eigenvalue weighted by Gasteiger charge is -2.35. The Morgan fingerprint density at radius 3 is 3.05 bits per heavy atom. The fraction of sp³-hybridized carbons (Fsp3) is 0.444. The molecule has 2 heterocycles. The monoisotopic (exact) mass is 298 g/mol. The highest BCUT2D eigenvalue weighted by Crippen LogP contribution is 2.24. The first-order valence-electron chi connectivity index (χ1n) is 8.05. The van der Waals surface area contributed by atoms with Gasteiger partial charge in [0.1, 0.15) is 11.3 Å². The van der Waals surface area contributed by atoms with E-state index >= 15 is 0 Å². The number of ether oxygens (including phenoxy) is 1. The van der Waals surface area contributed by atoms with Gasteiger partial charge in [-0.1, -0.05) is 25.1 Å². The zero-order valence-electron chi connectivity index (χ0n) is 13.0. The van der Waals surface area contributed by atoms with E-state index in [1.54, 1.807) is 6.20 Å². The highest BCUT2D eigenvalue weighted by atomic mass is 16.5. The summed E-state index contributed by atoms with van der Waals surface area (Å²) in [5.41, 5.74) is 0.809. The Balaban J connectivity index is 1.69. The molecule has 0 spiro atoms.